The summed E-state index contributed by atoms with van der Waals surface area (Å²) in [5.74, 6) is 0. The Hall–Kier alpha value is -0.0800. The van der Waals surface area contributed by atoms with Gasteiger partial charge in [-0.3, -0.25) is 0 Å². The number of quaternary nitrogens is 2. The smallest absolute Gasteiger partial charge is 0.0786 e. The Labute approximate surface area is 141 Å². The van der Waals surface area contributed by atoms with Crippen LogP contribution in [0.15, 0.2) is 0 Å². The van der Waals surface area contributed by atoms with E-state index in [9.17, 15) is 0 Å². The van der Waals surface area contributed by atoms with E-state index in [0.29, 0.717) is 0 Å². The zero-order chi connectivity index (χ0) is 16.3. The average molecular weight is 313 g/mol. The predicted molar refractivity (Wildman–Crippen MR) is 99.1 cm³/mol. The Morgan fingerprint density at radius 3 is 0.818 bits per heavy atom. The van der Waals surface area contributed by atoms with Gasteiger partial charge in [0.15, 0.2) is 0 Å². The highest BCUT2D eigenvalue weighted by Crippen LogP contribution is 2.18. The zero-order valence-corrected chi connectivity index (χ0v) is 16.2. The second kappa shape index (κ2) is 10.6. The van der Waals surface area contributed by atoms with E-state index in [-0.39, 0.29) is 0 Å². The van der Waals surface area contributed by atoms with Crippen LogP contribution in [0.25, 0.3) is 0 Å². The van der Waals surface area contributed by atoms with Crippen molar-refractivity contribution < 1.29 is 8.97 Å². The SMILES string of the molecule is CC[N+]1(CC)CCCCCC[N+](CC)(CC)CCCCCC1. The molecule has 2 heteroatoms. The van der Waals surface area contributed by atoms with Gasteiger partial charge >= 0.3 is 0 Å². The molecule has 0 N–H and O–H groups in total. The van der Waals surface area contributed by atoms with Gasteiger partial charge < -0.3 is 8.97 Å². The van der Waals surface area contributed by atoms with Crippen LogP contribution in [0.5, 0.6) is 0 Å². The molecule has 1 heterocycles. The van der Waals surface area contributed by atoms with Crippen molar-refractivity contribution in [2.45, 2.75) is 79.1 Å². The predicted octanol–water partition coefficient (Wildman–Crippen LogP) is 4.83. The van der Waals surface area contributed by atoms with Gasteiger partial charge in [-0.25, -0.2) is 0 Å². The lowest BCUT2D eigenvalue weighted by atomic mass is 10.1. The minimum Gasteiger partial charge on any atom is -0.324 e. The Morgan fingerprint density at radius 2 is 0.636 bits per heavy atom. The van der Waals surface area contributed by atoms with Crippen LogP contribution in [0.3, 0.4) is 0 Å². The van der Waals surface area contributed by atoms with Crippen molar-refractivity contribution in [3.8, 4) is 0 Å². The van der Waals surface area contributed by atoms with E-state index < -0.39 is 0 Å². The van der Waals surface area contributed by atoms with Gasteiger partial charge in [0.2, 0.25) is 0 Å². The Kier molecular flexibility index (Phi) is 9.66. The molecule has 1 rings (SSSR count). The van der Waals surface area contributed by atoms with Crippen LogP contribution in [0.4, 0.5) is 0 Å². The second-order valence-electron chi connectivity index (χ2n) is 7.67. The van der Waals surface area contributed by atoms with Crippen molar-refractivity contribution in [1.82, 2.24) is 0 Å². The molecular formula is C20H44N2+2. The molecule has 0 radical (unpaired) electrons. The van der Waals surface area contributed by atoms with Crippen molar-refractivity contribution in [2.75, 3.05) is 52.4 Å². The molecule has 0 amide bonds. The van der Waals surface area contributed by atoms with Crippen molar-refractivity contribution >= 4 is 0 Å². The van der Waals surface area contributed by atoms with Gasteiger partial charge in [-0.05, 0) is 79.1 Å². The molecule has 0 aliphatic carbocycles. The number of nitrogens with zero attached hydrogens (tertiary/aromatic N) is 2. The van der Waals surface area contributed by atoms with E-state index in [1.165, 1.54) is 113 Å². The van der Waals surface area contributed by atoms with Crippen LogP contribution in [0.1, 0.15) is 79.1 Å². The van der Waals surface area contributed by atoms with Crippen LogP contribution in [0.2, 0.25) is 0 Å². The summed E-state index contributed by atoms with van der Waals surface area (Å²) in [6, 6.07) is 0. The van der Waals surface area contributed by atoms with Gasteiger partial charge in [0.25, 0.3) is 0 Å². The van der Waals surface area contributed by atoms with Crippen molar-refractivity contribution in [3.63, 3.8) is 0 Å². The summed E-state index contributed by atoms with van der Waals surface area (Å²) in [6.07, 6.45) is 11.6. The lowest BCUT2D eigenvalue weighted by molar-refractivity contribution is -0.926. The molecule has 0 bridgehead atoms. The van der Waals surface area contributed by atoms with Gasteiger partial charge in [0.05, 0.1) is 52.4 Å². The first-order chi connectivity index (χ1) is 10.7. The van der Waals surface area contributed by atoms with Crippen LogP contribution < -0.4 is 0 Å². The molecule has 1 fully saturated rings. The van der Waals surface area contributed by atoms with E-state index in [1.54, 1.807) is 0 Å². The van der Waals surface area contributed by atoms with Gasteiger partial charge in [0.1, 0.15) is 0 Å². The highest BCUT2D eigenvalue weighted by atomic mass is 15.3. The molecule has 22 heavy (non-hydrogen) atoms. The number of rotatable bonds is 4. The molecule has 0 saturated carbocycles. The van der Waals surface area contributed by atoms with Crippen molar-refractivity contribution in [2.24, 2.45) is 0 Å². The first-order valence-corrected chi connectivity index (χ1v) is 10.4. The van der Waals surface area contributed by atoms with E-state index >= 15 is 0 Å². The monoisotopic (exact) mass is 312 g/mol. The van der Waals surface area contributed by atoms with Crippen molar-refractivity contribution in [1.29, 1.82) is 0 Å². The number of hydrogen-bond donors (Lipinski definition) is 0. The fourth-order valence-corrected chi connectivity index (χ4v) is 4.43. The normalized spacial score (nSPS) is 24.5. The topological polar surface area (TPSA) is 0 Å². The van der Waals surface area contributed by atoms with Crippen LogP contribution in [-0.4, -0.2) is 61.3 Å². The van der Waals surface area contributed by atoms with E-state index in [4.69, 9.17) is 0 Å². The second-order valence-corrected chi connectivity index (χ2v) is 7.67. The first kappa shape index (κ1) is 20.0. The molecule has 0 aromatic rings. The van der Waals surface area contributed by atoms with Crippen LogP contribution in [-0.2, 0) is 0 Å². The molecule has 0 aromatic carbocycles. The van der Waals surface area contributed by atoms with Crippen molar-refractivity contribution in [3.05, 3.63) is 0 Å². The summed E-state index contributed by atoms with van der Waals surface area (Å²) in [6.45, 7) is 20.7. The molecule has 2 nitrogen and oxygen atoms in total. The van der Waals surface area contributed by atoms with Crippen LogP contribution >= 0.6 is 0 Å². The molecule has 0 spiro atoms. The Morgan fingerprint density at radius 1 is 0.409 bits per heavy atom. The highest BCUT2D eigenvalue weighted by molar-refractivity contribution is 4.52. The minimum absolute atomic E-state index is 1.34. The molecule has 0 unspecified atom stereocenters. The molecule has 1 aliphatic rings. The fourth-order valence-electron chi connectivity index (χ4n) is 4.43. The summed E-state index contributed by atoms with van der Waals surface area (Å²) in [5.41, 5.74) is 0. The third kappa shape index (κ3) is 6.20. The molecular weight excluding hydrogens is 268 g/mol. The van der Waals surface area contributed by atoms with Crippen LogP contribution in [0, 0.1) is 0 Å². The third-order valence-electron chi connectivity index (χ3n) is 6.71. The van der Waals surface area contributed by atoms with Gasteiger partial charge in [-0.1, -0.05) is 0 Å². The quantitative estimate of drug-likeness (QED) is 0.652. The Bertz CT molecular complexity index is 219. The molecule has 1 saturated heterocycles. The summed E-state index contributed by atoms with van der Waals surface area (Å²) in [7, 11) is 0. The molecule has 0 aromatic heterocycles. The zero-order valence-electron chi connectivity index (χ0n) is 16.2. The lowest BCUT2D eigenvalue weighted by Crippen LogP contribution is -2.49. The van der Waals surface area contributed by atoms with E-state index in [2.05, 4.69) is 27.7 Å². The summed E-state index contributed by atoms with van der Waals surface area (Å²) < 4.78 is 2.76. The summed E-state index contributed by atoms with van der Waals surface area (Å²) >= 11 is 0. The maximum absolute atomic E-state index is 2.40. The average Bonchev–Trinajstić information content (AvgIpc) is 2.57. The first-order valence-electron chi connectivity index (χ1n) is 10.4. The number of hydrogen-bond acceptors (Lipinski definition) is 0. The third-order valence-corrected chi connectivity index (χ3v) is 6.71. The molecule has 0 atom stereocenters. The lowest BCUT2D eigenvalue weighted by Gasteiger charge is -2.38. The Balaban J connectivity index is 2.56. The maximum Gasteiger partial charge on any atom is 0.0786 e. The van der Waals surface area contributed by atoms with Gasteiger partial charge in [-0.2, -0.15) is 0 Å². The largest absolute Gasteiger partial charge is 0.324 e. The molecule has 1 aliphatic heterocycles. The highest BCUT2D eigenvalue weighted by Gasteiger charge is 2.24. The molecule has 132 valence electrons. The minimum atomic E-state index is 1.34. The maximum atomic E-state index is 2.40. The fraction of sp³-hybridized carbons (Fsp3) is 1.00. The standard InChI is InChI=1S/C20H44N2/c1-5-21(6-2)17-13-9-11-15-19-22(7-3,8-4)20-16-12-10-14-18-21/h5-20H2,1-4H3/q+2. The van der Waals surface area contributed by atoms with E-state index in [1.807, 2.05) is 0 Å². The van der Waals surface area contributed by atoms with Gasteiger partial charge in [0, 0.05) is 0 Å². The van der Waals surface area contributed by atoms with E-state index in [0.717, 1.165) is 0 Å². The summed E-state index contributed by atoms with van der Waals surface area (Å²) in [5, 5.41) is 0. The summed E-state index contributed by atoms with van der Waals surface area (Å²) in [4.78, 5) is 0. The van der Waals surface area contributed by atoms with Gasteiger partial charge in [-0.15, -0.1) is 0 Å².